The van der Waals surface area contributed by atoms with Crippen molar-refractivity contribution in [3.63, 3.8) is 0 Å². The van der Waals surface area contributed by atoms with Gasteiger partial charge in [0.15, 0.2) is 6.61 Å². The number of anilines is 1. The molecule has 0 bridgehead atoms. The molecule has 2 aromatic carbocycles. The Balaban J connectivity index is 1.82. The zero-order chi connectivity index (χ0) is 20.1. The number of methoxy groups -OCH3 is 1. The van der Waals surface area contributed by atoms with Gasteiger partial charge in [0.2, 0.25) is 0 Å². The van der Waals surface area contributed by atoms with Crippen molar-refractivity contribution in [2.75, 3.05) is 25.7 Å². The number of nitrogens with zero attached hydrogens (tertiary/aromatic N) is 2. The van der Waals surface area contributed by atoms with E-state index in [9.17, 15) is 9.59 Å². The summed E-state index contributed by atoms with van der Waals surface area (Å²) in [6.07, 6.45) is 0. The molecular formula is C22H22N2O4. The number of amides is 1. The third-order valence-electron chi connectivity index (χ3n) is 4.56. The normalized spacial score (nSPS) is 10.7. The molecule has 0 aliphatic carbocycles. The van der Waals surface area contributed by atoms with E-state index >= 15 is 0 Å². The van der Waals surface area contributed by atoms with Crippen molar-refractivity contribution in [1.82, 2.24) is 4.98 Å². The number of carbonyl (C=O) groups excluding carboxylic acids is 2. The van der Waals surface area contributed by atoms with E-state index in [1.54, 1.807) is 14.2 Å². The number of pyridine rings is 1. The molecule has 0 spiro atoms. The van der Waals surface area contributed by atoms with Crippen LogP contribution in [0, 0.1) is 6.92 Å². The SMILES string of the molecule is COCc1nc2ccccc2c(C)c1C(=O)OCC(=O)N(C)c1ccccc1. The lowest BCUT2D eigenvalue weighted by molar-refractivity contribution is -0.121. The molecule has 1 amide bonds. The molecule has 1 heterocycles. The standard InChI is InChI=1S/C22H22N2O4/c1-15-17-11-7-8-12-18(17)23-19(13-27-3)21(15)22(26)28-14-20(25)24(2)16-9-5-4-6-10-16/h4-12H,13-14H2,1-3H3. The molecule has 0 atom stereocenters. The van der Waals surface area contributed by atoms with Gasteiger partial charge in [-0.15, -0.1) is 0 Å². The number of hydrogen-bond donors (Lipinski definition) is 0. The third kappa shape index (κ3) is 4.02. The van der Waals surface area contributed by atoms with E-state index in [1.165, 1.54) is 4.90 Å². The van der Waals surface area contributed by atoms with E-state index in [2.05, 4.69) is 4.98 Å². The molecule has 144 valence electrons. The highest BCUT2D eigenvalue weighted by molar-refractivity contribution is 6.00. The van der Waals surface area contributed by atoms with E-state index in [0.29, 0.717) is 11.3 Å². The molecule has 0 aliphatic rings. The van der Waals surface area contributed by atoms with E-state index in [4.69, 9.17) is 9.47 Å². The summed E-state index contributed by atoms with van der Waals surface area (Å²) in [5.74, 6) is -0.906. The van der Waals surface area contributed by atoms with E-state index in [-0.39, 0.29) is 19.1 Å². The van der Waals surface area contributed by atoms with Gasteiger partial charge in [0.05, 0.1) is 23.4 Å². The van der Waals surface area contributed by atoms with Gasteiger partial charge in [-0.2, -0.15) is 0 Å². The lowest BCUT2D eigenvalue weighted by Crippen LogP contribution is -2.31. The predicted octanol–water partition coefficient (Wildman–Crippen LogP) is 3.51. The lowest BCUT2D eigenvalue weighted by atomic mass is 10.0. The number of rotatable bonds is 6. The van der Waals surface area contributed by atoms with Crippen molar-refractivity contribution in [1.29, 1.82) is 0 Å². The Morgan fingerprint density at radius 1 is 1.04 bits per heavy atom. The molecule has 0 unspecified atom stereocenters. The molecule has 3 aromatic rings. The van der Waals surface area contributed by atoms with Gasteiger partial charge in [-0.05, 0) is 30.7 Å². The molecule has 0 saturated carbocycles. The third-order valence-corrected chi connectivity index (χ3v) is 4.56. The smallest absolute Gasteiger partial charge is 0.340 e. The Labute approximate surface area is 163 Å². The summed E-state index contributed by atoms with van der Waals surface area (Å²) in [4.78, 5) is 31.2. The zero-order valence-corrected chi connectivity index (χ0v) is 16.1. The second kappa shape index (κ2) is 8.63. The van der Waals surface area contributed by atoms with Crippen LogP contribution in [0.15, 0.2) is 54.6 Å². The topological polar surface area (TPSA) is 68.7 Å². The fraction of sp³-hybridized carbons (Fsp3) is 0.227. The summed E-state index contributed by atoms with van der Waals surface area (Å²) in [6, 6.07) is 16.7. The largest absolute Gasteiger partial charge is 0.452 e. The van der Waals surface area contributed by atoms with Crippen LogP contribution in [0.3, 0.4) is 0 Å². The molecule has 3 rings (SSSR count). The van der Waals surface area contributed by atoms with Crippen LogP contribution in [0.5, 0.6) is 0 Å². The number of likely N-dealkylation sites (N-methyl/N-ethyl adjacent to an activating group) is 1. The zero-order valence-electron chi connectivity index (χ0n) is 16.1. The molecule has 6 heteroatoms. The average Bonchev–Trinajstić information content (AvgIpc) is 2.72. The molecule has 0 aliphatic heterocycles. The number of ether oxygens (including phenoxy) is 2. The summed E-state index contributed by atoms with van der Waals surface area (Å²) in [6.45, 7) is 1.66. The first-order valence-corrected chi connectivity index (χ1v) is 8.88. The van der Waals surface area contributed by atoms with E-state index in [0.717, 1.165) is 22.2 Å². The van der Waals surface area contributed by atoms with Crippen molar-refractivity contribution in [3.05, 3.63) is 71.4 Å². The molecule has 0 fully saturated rings. The Bertz CT molecular complexity index is 1000. The number of benzene rings is 2. The van der Waals surface area contributed by atoms with Crippen molar-refractivity contribution in [3.8, 4) is 0 Å². The highest BCUT2D eigenvalue weighted by Gasteiger charge is 2.22. The highest BCUT2D eigenvalue weighted by atomic mass is 16.5. The minimum atomic E-state index is -0.586. The van der Waals surface area contributed by atoms with Gasteiger partial charge in [0, 0.05) is 25.2 Å². The van der Waals surface area contributed by atoms with Crippen LogP contribution >= 0.6 is 0 Å². The number of aromatic nitrogens is 1. The molecular weight excluding hydrogens is 356 g/mol. The Kier molecular flexibility index (Phi) is 6.01. The number of para-hydroxylation sites is 2. The lowest BCUT2D eigenvalue weighted by Gasteiger charge is -2.18. The minimum absolute atomic E-state index is 0.175. The van der Waals surface area contributed by atoms with Gasteiger partial charge in [0.1, 0.15) is 0 Å². The summed E-state index contributed by atoms with van der Waals surface area (Å²) >= 11 is 0. The van der Waals surface area contributed by atoms with Gasteiger partial charge >= 0.3 is 5.97 Å². The number of aryl methyl sites for hydroxylation is 1. The first-order valence-electron chi connectivity index (χ1n) is 8.88. The predicted molar refractivity (Wildman–Crippen MR) is 107 cm³/mol. The molecule has 0 N–H and O–H groups in total. The summed E-state index contributed by atoms with van der Waals surface area (Å²) < 4.78 is 10.5. The second-order valence-corrected chi connectivity index (χ2v) is 6.37. The second-order valence-electron chi connectivity index (χ2n) is 6.37. The van der Waals surface area contributed by atoms with Crippen LogP contribution in [-0.2, 0) is 20.9 Å². The number of carbonyl (C=O) groups is 2. The minimum Gasteiger partial charge on any atom is -0.452 e. The van der Waals surface area contributed by atoms with E-state index in [1.807, 2.05) is 61.5 Å². The maximum atomic E-state index is 12.8. The van der Waals surface area contributed by atoms with Gasteiger partial charge in [0.25, 0.3) is 5.91 Å². The molecule has 28 heavy (non-hydrogen) atoms. The van der Waals surface area contributed by atoms with Crippen LogP contribution in [0.1, 0.15) is 21.6 Å². The van der Waals surface area contributed by atoms with Crippen molar-refractivity contribution < 1.29 is 19.1 Å². The fourth-order valence-electron chi connectivity index (χ4n) is 3.04. The van der Waals surface area contributed by atoms with Crippen molar-refractivity contribution in [2.24, 2.45) is 0 Å². The number of fused-ring (bicyclic) bond motifs is 1. The Morgan fingerprint density at radius 3 is 2.43 bits per heavy atom. The van der Waals surface area contributed by atoms with Crippen molar-refractivity contribution >= 4 is 28.5 Å². The molecule has 0 radical (unpaired) electrons. The van der Waals surface area contributed by atoms with Crippen LogP contribution < -0.4 is 4.90 Å². The monoisotopic (exact) mass is 378 g/mol. The Hall–Kier alpha value is -3.25. The van der Waals surface area contributed by atoms with Crippen LogP contribution in [0.4, 0.5) is 5.69 Å². The first-order chi connectivity index (χ1) is 13.5. The van der Waals surface area contributed by atoms with Gasteiger partial charge in [-0.1, -0.05) is 36.4 Å². The fourth-order valence-corrected chi connectivity index (χ4v) is 3.04. The van der Waals surface area contributed by atoms with Crippen LogP contribution in [0.2, 0.25) is 0 Å². The maximum Gasteiger partial charge on any atom is 0.340 e. The maximum absolute atomic E-state index is 12.8. The summed E-state index contributed by atoms with van der Waals surface area (Å²) in [7, 11) is 3.18. The van der Waals surface area contributed by atoms with E-state index < -0.39 is 5.97 Å². The molecule has 6 nitrogen and oxygen atoms in total. The summed E-state index contributed by atoms with van der Waals surface area (Å²) in [5, 5.41) is 0.863. The van der Waals surface area contributed by atoms with Crippen LogP contribution in [0.25, 0.3) is 10.9 Å². The van der Waals surface area contributed by atoms with Gasteiger partial charge < -0.3 is 14.4 Å². The Morgan fingerprint density at radius 2 is 1.71 bits per heavy atom. The highest BCUT2D eigenvalue weighted by Crippen LogP contribution is 2.24. The summed E-state index contributed by atoms with van der Waals surface area (Å²) in [5.41, 5.74) is 3.10. The molecule has 1 aromatic heterocycles. The van der Waals surface area contributed by atoms with Gasteiger partial charge in [-0.25, -0.2) is 9.78 Å². The first kappa shape index (κ1) is 19.5. The number of esters is 1. The van der Waals surface area contributed by atoms with Crippen LogP contribution in [-0.4, -0.2) is 37.6 Å². The average molecular weight is 378 g/mol. The molecule has 0 saturated heterocycles. The van der Waals surface area contributed by atoms with Crippen molar-refractivity contribution in [2.45, 2.75) is 13.5 Å². The quantitative estimate of drug-likeness (QED) is 0.614. The van der Waals surface area contributed by atoms with Gasteiger partial charge in [-0.3, -0.25) is 4.79 Å². The number of hydrogen-bond acceptors (Lipinski definition) is 5.